The summed E-state index contributed by atoms with van der Waals surface area (Å²) >= 11 is 5.88. The molecule has 0 saturated heterocycles. The second kappa shape index (κ2) is 9.80. The van der Waals surface area contributed by atoms with Gasteiger partial charge < -0.3 is 19.2 Å². The molecule has 0 radical (unpaired) electrons. The number of carbonyl (C=O) groups is 2. The average molecular weight is 414 g/mol. The first-order valence-electron chi connectivity index (χ1n) is 8.99. The predicted octanol–water partition coefficient (Wildman–Crippen LogP) is 4.55. The molecule has 7 heteroatoms. The number of hydrogen-bond donors (Lipinski definition) is 1. The highest BCUT2D eigenvalue weighted by Gasteiger charge is 2.17. The van der Waals surface area contributed by atoms with E-state index in [-0.39, 0.29) is 18.2 Å². The molecular weight excluding hydrogens is 394 g/mol. The molecule has 0 bridgehead atoms. The molecule has 0 aliphatic rings. The number of benzene rings is 2. The van der Waals surface area contributed by atoms with Crippen LogP contribution in [0.3, 0.4) is 0 Å². The van der Waals surface area contributed by atoms with E-state index in [1.54, 1.807) is 55.5 Å². The molecule has 1 heterocycles. The first kappa shape index (κ1) is 20.5. The Hall–Kier alpha value is -3.25. The second-order valence-electron chi connectivity index (χ2n) is 6.29. The quantitative estimate of drug-likeness (QED) is 0.548. The molecule has 29 heavy (non-hydrogen) atoms. The topological polar surface area (TPSA) is 77.8 Å². The summed E-state index contributed by atoms with van der Waals surface area (Å²) in [5.74, 6) is -0.0817. The van der Waals surface area contributed by atoms with E-state index >= 15 is 0 Å². The highest BCUT2D eigenvalue weighted by molar-refractivity contribution is 6.30. The number of ether oxygens (including phenoxy) is 2. The van der Waals surface area contributed by atoms with Crippen LogP contribution in [-0.4, -0.2) is 18.5 Å². The molecule has 0 spiro atoms. The number of amides is 1. The maximum atomic E-state index is 12.4. The molecule has 6 nitrogen and oxygen atoms in total. The standard InChI is InChI=1S/C22H20ClNO5/c1-15(19-7-4-12-27-19)24-21(25)14-29-22(26)18-5-2-3-6-20(18)28-13-16-8-10-17(23)11-9-16/h2-12,15H,13-14H2,1H3,(H,24,25)/t15-/m0/s1. The third-order valence-corrected chi connectivity index (χ3v) is 4.35. The Morgan fingerprint density at radius 3 is 2.55 bits per heavy atom. The lowest BCUT2D eigenvalue weighted by Crippen LogP contribution is -2.31. The zero-order chi connectivity index (χ0) is 20.6. The smallest absolute Gasteiger partial charge is 0.342 e. The minimum Gasteiger partial charge on any atom is -0.488 e. The van der Waals surface area contributed by atoms with Crippen LogP contribution >= 0.6 is 11.6 Å². The highest BCUT2D eigenvalue weighted by atomic mass is 35.5. The maximum absolute atomic E-state index is 12.4. The van der Waals surface area contributed by atoms with Crippen molar-refractivity contribution in [2.75, 3.05) is 6.61 Å². The van der Waals surface area contributed by atoms with E-state index in [9.17, 15) is 9.59 Å². The number of hydrogen-bond acceptors (Lipinski definition) is 5. The van der Waals surface area contributed by atoms with Crippen molar-refractivity contribution in [2.45, 2.75) is 19.6 Å². The van der Waals surface area contributed by atoms with Crippen molar-refractivity contribution in [2.24, 2.45) is 0 Å². The van der Waals surface area contributed by atoms with E-state index in [1.807, 2.05) is 12.1 Å². The molecule has 0 aliphatic heterocycles. The number of furan rings is 1. The Morgan fingerprint density at radius 2 is 1.83 bits per heavy atom. The normalized spacial score (nSPS) is 11.5. The summed E-state index contributed by atoms with van der Waals surface area (Å²) in [6, 6.07) is 17.1. The largest absolute Gasteiger partial charge is 0.488 e. The van der Waals surface area contributed by atoms with Crippen LogP contribution in [0, 0.1) is 0 Å². The molecule has 1 amide bonds. The summed E-state index contributed by atoms with van der Waals surface area (Å²) in [5.41, 5.74) is 1.15. The molecule has 3 rings (SSSR count). The van der Waals surface area contributed by atoms with Gasteiger partial charge in [0.05, 0.1) is 12.3 Å². The Labute approximate surface area is 173 Å². The van der Waals surface area contributed by atoms with Crippen molar-refractivity contribution >= 4 is 23.5 Å². The number of para-hydroxylation sites is 1. The van der Waals surface area contributed by atoms with Crippen molar-refractivity contribution in [3.63, 3.8) is 0 Å². The molecule has 1 N–H and O–H groups in total. The van der Waals surface area contributed by atoms with E-state index in [0.717, 1.165) is 5.56 Å². The van der Waals surface area contributed by atoms with Crippen LogP contribution in [0.2, 0.25) is 5.02 Å². The fourth-order valence-corrected chi connectivity index (χ4v) is 2.73. The van der Waals surface area contributed by atoms with E-state index in [2.05, 4.69) is 5.32 Å². The summed E-state index contributed by atoms with van der Waals surface area (Å²) in [6.07, 6.45) is 1.53. The number of nitrogens with one attached hydrogen (secondary N) is 1. The van der Waals surface area contributed by atoms with Gasteiger partial charge in [0, 0.05) is 5.02 Å². The van der Waals surface area contributed by atoms with Crippen molar-refractivity contribution in [1.29, 1.82) is 0 Å². The van der Waals surface area contributed by atoms with E-state index in [1.165, 1.54) is 6.26 Å². The van der Waals surface area contributed by atoms with Crippen LogP contribution in [0.15, 0.2) is 71.3 Å². The fourth-order valence-electron chi connectivity index (χ4n) is 2.60. The van der Waals surface area contributed by atoms with Gasteiger partial charge in [0.15, 0.2) is 6.61 Å². The van der Waals surface area contributed by atoms with Gasteiger partial charge in [0.2, 0.25) is 0 Å². The lowest BCUT2D eigenvalue weighted by molar-refractivity contribution is -0.125. The Balaban J connectivity index is 1.55. The van der Waals surface area contributed by atoms with E-state index in [0.29, 0.717) is 16.5 Å². The average Bonchev–Trinajstić information content (AvgIpc) is 3.27. The van der Waals surface area contributed by atoms with Gasteiger partial charge in [-0.3, -0.25) is 4.79 Å². The molecular formula is C22H20ClNO5. The zero-order valence-electron chi connectivity index (χ0n) is 15.8. The van der Waals surface area contributed by atoms with Gasteiger partial charge in [0.1, 0.15) is 23.7 Å². The first-order valence-corrected chi connectivity index (χ1v) is 9.37. The van der Waals surface area contributed by atoms with Gasteiger partial charge in [0.25, 0.3) is 5.91 Å². The maximum Gasteiger partial charge on any atom is 0.342 e. The summed E-state index contributed by atoms with van der Waals surface area (Å²) < 4.78 is 16.1. The summed E-state index contributed by atoms with van der Waals surface area (Å²) in [6.45, 7) is 1.64. The third-order valence-electron chi connectivity index (χ3n) is 4.10. The van der Waals surface area contributed by atoms with Crippen LogP contribution < -0.4 is 10.1 Å². The number of carbonyl (C=O) groups excluding carboxylic acids is 2. The van der Waals surface area contributed by atoms with Crippen molar-refractivity contribution in [1.82, 2.24) is 5.32 Å². The number of esters is 1. The molecule has 0 saturated carbocycles. The van der Waals surface area contributed by atoms with Crippen molar-refractivity contribution < 1.29 is 23.5 Å². The van der Waals surface area contributed by atoms with Gasteiger partial charge in [-0.15, -0.1) is 0 Å². The molecule has 1 aromatic heterocycles. The van der Waals surface area contributed by atoms with E-state index < -0.39 is 18.5 Å². The van der Waals surface area contributed by atoms with Gasteiger partial charge in [-0.1, -0.05) is 35.9 Å². The van der Waals surface area contributed by atoms with Gasteiger partial charge >= 0.3 is 5.97 Å². The molecule has 0 unspecified atom stereocenters. The SMILES string of the molecule is C[C@H](NC(=O)COC(=O)c1ccccc1OCc1ccc(Cl)cc1)c1ccco1. The monoisotopic (exact) mass is 413 g/mol. The Bertz CT molecular complexity index is 954. The summed E-state index contributed by atoms with van der Waals surface area (Å²) in [7, 11) is 0. The van der Waals surface area contributed by atoms with Crippen LogP contribution in [0.25, 0.3) is 0 Å². The third kappa shape index (κ3) is 5.86. The van der Waals surface area contributed by atoms with Crippen LogP contribution in [0.1, 0.15) is 34.6 Å². The minimum atomic E-state index is -0.641. The second-order valence-corrected chi connectivity index (χ2v) is 6.73. The number of halogens is 1. The number of rotatable bonds is 8. The van der Waals surface area contributed by atoms with Crippen LogP contribution in [0.5, 0.6) is 5.75 Å². The Morgan fingerprint density at radius 1 is 1.07 bits per heavy atom. The fraction of sp³-hybridized carbons (Fsp3) is 0.182. The van der Waals surface area contributed by atoms with Gasteiger partial charge in [-0.05, 0) is 48.9 Å². The molecule has 0 fully saturated rings. The molecule has 0 aliphatic carbocycles. The Kier molecular flexibility index (Phi) is 6.92. The van der Waals surface area contributed by atoms with Crippen molar-refractivity contribution in [3.8, 4) is 5.75 Å². The van der Waals surface area contributed by atoms with Gasteiger partial charge in [-0.25, -0.2) is 4.79 Å². The van der Waals surface area contributed by atoms with Crippen LogP contribution in [-0.2, 0) is 16.1 Å². The molecule has 150 valence electrons. The highest BCUT2D eigenvalue weighted by Crippen LogP contribution is 2.21. The molecule has 2 aromatic carbocycles. The summed E-state index contributed by atoms with van der Waals surface area (Å²) in [5, 5.41) is 3.34. The zero-order valence-corrected chi connectivity index (χ0v) is 16.5. The van der Waals surface area contributed by atoms with Crippen LogP contribution in [0.4, 0.5) is 0 Å². The first-order chi connectivity index (χ1) is 14.0. The van der Waals surface area contributed by atoms with E-state index in [4.69, 9.17) is 25.5 Å². The predicted molar refractivity (Wildman–Crippen MR) is 108 cm³/mol. The lowest BCUT2D eigenvalue weighted by atomic mass is 10.2. The summed E-state index contributed by atoms with van der Waals surface area (Å²) in [4.78, 5) is 24.5. The van der Waals surface area contributed by atoms with Crippen molar-refractivity contribution in [3.05, 3.63) is 88.8 Å². The van der Waals surface area contributed by atoms with Gasteiger partial charge in [-0.2, -0.15) is 0 Å². The minimum absolute atomic E-state index is 0.244. The molecule has 1 atom stereocenters. The molecule has 3 aromatic rings. The lowest BCUT2D eigenvalue weighted by Gasteiger charge is -2.13.